The monoisotopic (exact) mass is 398 g/mol. The molecule has 1 saturated carbocycles. The number of anilines is 1. The number of hydrogen-bond donors (Lipinski definition) is 1. The Hall–Kier alpha value is -2.37. The van der Waals surface area contributed by atoms with Gasteiger partial charge in [0.1, 0.15) is 0 Å². The Morgan fingerprint density at radius 3 is 2.24 bits per heavy atom. The number of carbonyl (C=O) groups is 3. The summed E-state index contributed by atoms with van der Waals surface area (Å²) in [6.07, 6.45) is 4.18. The lowest BCUT2D eigenvalue weighted by Gasteiger charge is -2.36. The van der Waals surface area contributed by atoms with E-state index in [1.165, 1.54) is 5.56 Å². The molecule has 0 radical (unpaired) electrons. The van der Waals surface area contributed by atoms with Gasteiger partial charge in [0.25, 0.3) is 0 Å². The van der Waals surface area contributed by atoms with E-state index in [9.17, 15) is 19.5 Å². The largest absolute Gasteiger partial charge is 0.481 e. The fraction of sp³-hybridized carbons (Fsp3) is 0.609. The van der Waals surface area contributed by atoms with E-state index in [-0.39, 0.29) is 42.2 Å². The molecular weight excluding hydrogens is 368 g/mol. The van der Waals surface area contributed by atoms with Gasteiger partial charge in [-0.05, 0) is 43.7 Å². The summed E-state index contributed by atoms with van der Waals surface area (Å²) in [6, 6.07) is 8.12. The first kappa shape index (κ1) is 19.9. The van der Waals surface area contributed by atoms with Crippen molar-refractivity contribution in [2.45, 2.75) is 52.0 Å². The molecule has 1 aliphatic carbocycles. The predicted octanol–water partition coefficient (Wildman–Crippen LogP) is 2.95. The Bertz CT molecular complexity index is 823. The minimum absolute atomic E-state index is 0.0289. The van der Waals surface area contributed by atoms with Crippen LogP contribution in [-0.2, 0) is 20.8 Å². The zero-order chi connectivity index (χ0) is 20.7. The second-order valence-corrected chi connectivity index (χ2v) is 9.05. The maximum Gasteiger partial charge on any atom is 0.308 e. The summed E-state index contributed by atoms with van der Waals surface area (Å²) < 4.78 is 0. The Kier molecular flexibility index (Phi) is 5.36. The lowest BCUT2D eigenvalue weighted by molar-refractivity contribution is -0.144. The highest BCUT2D eigenvalue weighted by molar-refractivity contribution is 6.00. The first-order valence-corrected chi connectivity index (χ1v) is 10.8. The van der Waals surface area contributed by atoms with Gasteiger partial charge in [-0.1, -0.05) is 38.0 Å². The predicted molar refractivity (Wildman–Crippen MR) is 109 cm³/mol. The Morgan fingerprint density at radius 2 is 1.59 bits per heavy atom. The number of carbonyl (C=O) groups excluding carboxylic acids is 2. The minimum atomic E-state index is -0.841. The van der Waals surface area contributed by atoms with Crippen molar-refractivity contribution in [1.82, 2.24) is 4.90 Å². The van der Waals surface area contributed by atoms with Gasteiger partial charge in [-0.3, -0.25) is 14.4 Å². The third-order valence-electron chi connectivity index (χ3n) is 7.09. The number of aliphatic carboxylic acids is 1. The number of amides is 2. The van der Waals surface area contributed by atoms with E-state index in [4.69, 9.17) is 0 Å². The smallest absolute Gasteiger partial charge is 0.308 e. The molecule has 1 aromatic carbocycles. The molecular formula is C23H30N2O4. The van der Waals surface area contributed by atoms with Crippen LogP contribution in [0.25, 0.3) is 0 Å². The lowest BCUT2D eigenvalue weighted by Crippen LogP contribution is -2.48. The number of rotatable bonds is 3. The number of carboxylic acid groups (broad SMARTS) is 1. The molecule has 1 saturated heterocycles. The van der Waals surface area contributed by atoms with Gasteiger partial charge in [-0.15, -0.1) is 0 Å². The Morgan fingerprint density at radius 1 is 0.931 bits per heavy atom. The average Bonchev–Trinajstić information content (AvgIpc) is 3.26. The zero-order valence-electron chi connectivity index (χ0n) is 17.2. The highest BCUT2D eigenvalue weighted by Crippen LogP contribution is 2.39. The van der Waals surface area contributed by atoms with Gasteiger partial charge < -0.3 is 14.9 Å². The van der Waals surface area contributed by atoms with E-state index in [1.807, 2.05) is 30.0 Å². The van der Waals surface area contributed by atoms with Gasteiger partial charge in [0.05, 0.1) is 11.8 Å². The van der Waals surface area contributed by atoms with Crippen LogP contribution in [0, 0.1) is 23.7 Å². The van der Waals surface area contributed by atoms with E-state index in [2.05, 4.69) is 13.0 Å². The van der Waals surface area contributed by atoms with Crippen molar-refractivity contribution in [2.24, 2.45) is 23.7 Å². The van der Waals surface area contributed by atoms with Gasteiger partial charge in [0.15, 0.2) is 0 Å². The van der Waals surface area contributed by atoms with Crippen molar-refractivity contribution in [3.05, 3.63) is 29.8 Å². The molecule has 0 aromatic heterocycles. The first-order valence-electron chi connectivity index (χ1n) is 10.8. The quantitative estimate of drug-likeness (QED) is 0.849. The molecule has 3 unspecified atom stereocenters. The van der Waals surface area contributed by atoms with Crippen LogP contribution in [0.5, 0.6) is 0 Å². The SMILES string of the molecule is CC1Cc2ccccc2N1C(=O)C1CCCCC1C(=O)N1C[C@@H](C)[C@H](C(=O)O)C1. The van der Waals surface area contributed by atoms with E-state index in [1.54, 1.807) is 4.90 Å². The highest BCUT2D eigenvalue weighted by Gasteiger charge is 2.45. The summed E-state index contributed by atoms with van der Waals surface area (Å²) in [7, 11) is 0. The summed E-state index contributed by atoms with van der Waals surface area (Å²) in [5.41, 5.74) is 2.16. The summed E-state index contributed by atoms with van der Waals surface area (Å²) in [5, 5.41) is 9.40. The number of hydrogen-bond acceptors (Lipinski definition) is 3. The molecule has 2 fully saturated rings. The average molecular weight is 399 g/mol. The fourth-order valence-corrected chi connectivity index (χ4v) is 5.50. The molecule has 156 valence electrons. The van der Waals surface area contributed by atoms with Crippen LogP contribution in [0.4, 0.5) is 5.69 Å². The lowest BCUT2D eigenvalue weighted by atomic mass is 9.77. The molecule has 1 N–H and O–H groups in total. The third kappa shape index (κ3) is 3.53. The number of fused-ring (bicyclic) bond motifs is 1. The second kappa shape index (κ2) is 7.81. The first-order chi connectivity index (χ1) is 13.9. The van der Waals surface area contributed by atoms with E-state index >= 15 is 0 Å². The van der Waals surface area contributed by atoms with Crippen LogP contribution in [0.15, 0.2) is 24.3 Å². The summed E-state index contributed by atoms with van der Waals surface area (Å²) in [4.78, 5) is 42.0. The van der Waals surface area contributed by atoms with Crippen LogP contribution in [0.3, 0.4) is 0 Å². The molecule has 3 aliphatic rings. The van der Waals surface area contributed by atoms with E-state index < -0.39 is 11.9 Å². The number of nitrogens with zero attached hydrogens (tertiary/aromatic N) is 2. The maximum absolute atomic E-state index is 13.6. The Balaban J connectivity index is 1.54. The molecule has 6 heteroatoms. The fourth-order valence-electron chi connectivity index (χ4n) is 5.50. The topological polar surface area (TPSA) is 77.9 Å². The van der Waals surface area contributed by atoms with Crippen LogP contribution < -0.4 is 4.90 Å². The summed E-state index contributed by atoms with van der Waals surface area (Å²) >= 11 is 0. The summed E-state index contributed by atoms with van der Waals surface area (Å²) in [5.74, 6) is -2.03. The van der Waals surface area contributed by atoms with Crippen molar-refractivity contribution in [2.75, 3.05) is 18.0 Å². The Labute approximate surface area is 171 Å². The van der Waals surface area contributed by atoms with Crippen molar-refractivity contribution in [3.8, 4) is 0 Å². The van der Waals surface area contributed by atoms with Gasteiger partial charge in [0.2, 0.25) is 11.8 Å². The molecule has 0 spiro atoms. The molecule has 5 atom stereocenters. The third-order valence-corrected chi connectivity index (χ3v) is 7.09. The summed E-state index contributed by atoms with van der Waals surface area (Å²) in [6.45, 7) is 4.68. The van der Waals surface area contributed by atoms with Crippen molar-refractivity contribution in [3.63, 3.8) is 0 Å². The standard InChI is InChI=1S/C23H30N2O4/c1-14-12-24(13-19(14)23(28)29)21(26)17-8-4-5-9-18(17)22(27)25-15(2)11-16-7-3-6-10-20(16)25/h3,6-7,10,14-15,17-19H,4-5,8-9,11-13H2,1-2H3,(H,28,29)/t14-,15?,17?,18?,19-/m1/s1. The normalized spacial score (nSPS) is 31.6. The number of benzene rings is 1. The van der Waals surface area contributed by atoms with Crippen LogP contribution in [0.1, 0.15) is 45.1 Å². The number of likely N-dealkylation sites (tertiary alicyclic amines) is 1. The molecule has 2 heterocycles. The molecule has 29 heavy (non-hydrogen) atoms. The molecule has 0 bridgehead atoms. The van der Waals surface area contributed by atoms with Gasteiger partial charge in [0, 0.05) is 30.7 Å². The zero-order valence-corrected chi connectivity index (χ0v) is 17.2. The van der Waals surface area contributed by atoms with Crippen molar-refractivity contribution >= 4 is 23.5 Å². The highest BCUT2D eigenvalue weighted by atomic mass is 16.4. The molecule has 4 rings (SSSR count). The molecule has 2 aliphatic heterocycles. The van der Waals surface area contributed by atoms with E-state index in [0.717, 1.165) is 31.4 Å². The van der Waals surface area contributed by atoms with Gasteiger partial charge in [-0.25, -0.2) is 0 Å². The van der Waals surface area contributed by atoms with Crippen LogP contribution in [0.2, 0.25) is 0 Å². The van der Waals surface area contributed by atoms with E-state index in [0.29, 0.717) is 13.0 Å². The van der Waals surface area contributed by atoms with Crippen LogP contribution in [-0.4, -0.2) is 46.9 Å². The van der Waals surface area contributed by atoms with Gasteiger partial charge >= 0.3 is 5.97 Å². The van der Waals surface area contributed by atoms with Gasteiger partial charge in [-0.2, -0.15) is 0 Å². The maximum atomic E-state index is 13.6. The number of carboxylic acids is 1. The number of para-hydroxylation sites is 1. The van der Waals surface area contributed by atoms with Crippen molar-refractivity contribution < 1.29 is 19.5 Å². The molecule has 6 nitrogen and oxygen atoms in total. The second-order valence-electron chi connectivity index (χ2n) is 9.05. The minimum Gasteiger partial charge on any atom is -0.481 e. The molecule has 2 amide bonds. The van der Waals surface area contributed by atoms with Crippen molar-refractivity contribution in [1.29, 1.82) is 0 Å². The van der Waals surface area contributed by atoms with Crippen LogP contribution >= 0.6 is 0 Å². The molecule has 1 aromatic rings.